The van der Waals surface area contributed by atoms with E-state index in [-0.39, 0.29) is 11.5 Å². The molecule has 1 amide bonds. The molecule has 0 fully saturated rings. The fourth-order valence-corrected chi connectivity index (χ4v) is 4.24. The molecule has 0 aliphatic carbocycles. The Kier molecular flexibility index (Phi) is 5.68. The number of aromatic amines is 1. The summed E-state index contributed by atoms with van der Waals surface area (Å²) >= 11 is 1.45. The molecule has 7 heteroatoms. The molecule has 2 heterocycles. The number of H-pyrrole nitrogens is 1. The van der Waals surface area contributed by atoms with Gasteiger partial charge in [-0.3, -0.25) is 9.59 Å². The van der Waals surface area contributed by atoms with Crippen LogP contribution in [-0.4, -0.2) is 23.0 Å². The highest BCUT2D eigenvalue weighted by Gasteiger charge is 2.14. The second-order valence-corrected chi connectivity index (χ2v) is 8.34. The fourth-order valence-electron chi connectivity index (χ4n) is 3.30. The summed E-state index contributed by atoms with van der Waals surface area (Å²) in [5.41, 5.74) is 3.83. The summed E-state index contributed by atoms with van der Waals surface area (Å²) in [6.45, 7) is 3.77. The molecule has 0 spiro atoms. The quantitative estimate of drug-likeness (QED) is 0.463. The Morgan fingerprint density at radius 3 is 2.52 bits per heavy atom. The van der Waals surface area contributed by atoms with Gasteiger partial charge in [0, 0.05) is 27.9 Å². The number of rotatable bonds is 5. The summed E-state index contributed by atoms with van der Waals surface area (Å²) < 4.78 is 5.21. The van der Waals surface area contributed by atoms with E-state index in [0.29, 0.717) is 22.1 Å². The number of anilines is 1. The van der Waals surface area contributed by atoms with Crippen molar-refractivity contribution in [2.75, 3.05) is 12.4 Å². The van der Waals surface area contributed by atoms with Gasteiger partial charge >= 0.3 is 0 Å². The van der Waals surface area contributed by atoms with Crippen LogP contribution >= 0.6 is 11.3 Å². The van der Waals surface area contributed by atoms with Crippen LogP contribution in [0.5, 0.6) is 5.75 Å². The zero-order chi connectivity index (χ0) is 22.0. The molecule has 0 atom stereocenters. The average molecular weight is 432 g/mol. The number of hydrogen-bond donors (Lipinski definition) is 2. The van der Waals surface area contributed by atoms with Gasteiger partial charge in [0.25, 0.3) is 11.5 Å². The average Bonchev–Trinajstić information content (AvgIpc) is 3.15. The molecule has 0 bridgehead atoms. The minimum absolute atomic E-state index is 0.185. The van der Waals surface area contributed by atoms with Gasteiger partial charge in [-0.1, -0.05) is 24.3 Å². The number of thiophene rings is 1. The minimum Gasteiger partial charge on any atom is -0.497 e. The van der Waals surface area contributed by atoms with Crippen molar-refractivity contribution in [1.29, 1.82) is 0 Å². The number of carbonyl (C=O) groups excluding carboxylic acids is 1. The molecule has 0 aliphatic rings. The Morgan fingerprint density at radius 2 is 1.81 bits per heavy atom. The Morgan fingerprint density at radius 1 is 1.03 bits per heavy atom. The molecule has 4 aromatic rings. The second-order valence-electron chi connectivity index (χ2n) is 7.08. The Labute approximate surface area is 183 Å². The summed E-state index contributed by atoms with van der Waals surface area (Å²) in [7, 11) is 1.63. The van der Waals surface area contributed by atoms with Crippen molar-refractivity contribution >= 4 is 22.9 Å². The molecule has 0 radical (unpaired) electrons. The lowest BCUT2D eigenvalue weighted by molar-refractivity contribution is 0.103. The first-order chi connectivity index (χ1) is 14.9. The van der Waals surface area contributed by atoms with Crippen LogP contribution in [0.3, 0.4) is 0 Å². The smallest absolute Gasteiger partial charge is 0.265 e. The molecule has 2 aromatic carbocycles. The van der Waals surface area contributed by atoms with E-state index in [1.165, 1.54) is 17.4 Å². The topological polar surface area (TPSA) is 84.1 Å². The van der Waals surface area contributed by atoms with Gasteiger partial charge < -0.3 is 15.0 Å². The van der Waals surface area contributed by atoms with E-state index in [1.54, 1.807) is 26.2 Å². The molecule has 0 aliphatic heterocycles. The van der Waals surface area contributed by atoms with Crippen LogP contribution in [-0.2, 0) is 0 Å². The molecule has 0 saturated heterocycles. The largest absolute Gasteiger partial charge is 0.497 e. The van der Waals surface area contributed by atoms with Gasteiger partial charge in [0.2, 0.25) is 0 Å². The molecular formula is C24H21N3O3S. The number of benzene rings is 2. The number of nitrogens with zero attached hydrogens (tertiary/aromatic N) is 1. The zero-order valence-electron chi connectivity index (χ0n) is 17.4. The SMILES string of the molecule is COc1ccc(-c2cc(C(=O)Nc3cccc(-c4nc(C)cc(=O)[nH]4)c3)sc2C)cc1. The first kappa shape index (κ1) is 20.6. The van der Waals surface area contributed by atoms with Gasteiger partial charge in [-0.25, -0.2) is 4.98 Å². The van der Waals surface area contributed by atoms with E-state index < -0.39 is 0 Å². The van der Waals surface area contributed by atoms with Crippen LogP contribution in [0.15, 0.2) is 65.5 Å². The number of nitrogens with one attached hydrogen (secondary N) is 2. The maximum atomic E-state index is 12.9. The number of amides is 1. The molecule has 6 nitrogen and oxygen atoms in total. The van der Waals surface area contributed by atoms with E-state index in [2.05, 4.69) is 15.3 Å². The first-order valence-electron chi connectivity index (χ1n) is 9.67. The molecule has 2 N–H and O–H groups in total. The van der Waals surface area contributed by atoms with Crippen LogP contribution < -0.4 is 15.6 Å². The van der Waals surface area contributed by atoms with Gasteiger partial charge in [0.05, 0.1) is 12.0 Å². The van der Waals surface area contributed by atoms with Crippen molar-refractivity contribution in [1.82, 2.24) is 9.97 Å². The van der Waals surface area contributed by atoms with Gasteiger partial charge in [-0.2, -0.15) is 0 Å². The number of hydrogen-bond acceptors (Lipinski definition) is 5. The van der Waals surface area contributed by atoms with Crippen molar-refractivity contribution in [2.24, 2.45) is 0 Å². The van der Waals surface area contributed by atoms with E-state index in [0.717, 1.165) is 27.3 Å². The van der Waals surface area contributed by atoms with Crippen molar-refractivity contribution in [3.8, 4) is 28.3 Å². The fraction of sp³-hybridized carbons (Fsp3) is 0.125. The van der Waals surface area contributed by atoms with Gasteiger partial charge in [0.15, 0.2) is 0 Å². The Hall–Kier alpha value is -3.71. The lowest BCUT2D eigenvalue weighted by Crippen LogP contribution is -2.11. The van der Waals surface area contributed by atoms with Crippen molar-refractivity contribution < 1.29 is 9.53 Å². The van der Waals surface area contributed by atoms with Crippen LogP contribution in [0.4, 0.5) is 5.69 Å². The summed E-state index contributed by atoms with van der Waals surface area (Å²) in [5, 5.41) is 2.94. The van der Waals surface area contributed by atoms with Crippen LogP contribution in [0.25, 0.3) is 22.5 Å². The highest BCUT2D eigenvalue weighted by atomic mass is 32.1. The van der Waals surface area contributed by atoms with Crippen LogP contribution in [0.2, 0.25) is 0 Å². The third-order valence-electron chi connectivity index (χ3n) is 4.81. The summed E-state index contributed by atoms with van der Waals surface area (Å²) in [4.78, 5) is 33.4. The zero-order valence-corrected chi connectivity index (χ0v) is 18.2. The van der Waals surface area contributed by atoms with Crippen LogP contribution in [0, 0.1) is 13.8 Å². The summed E-state index contributed by atoms with van der Waals surface area (Å²) in [6, 6.07) is 18.4. The maximum Gasteiger partial charge on any atom is 0.265 e. The molecular weight excluding hydrogens is 410 g/mol. The molecule has 0 saturated carbocycles. The standard InChI is InChI=1S/C24H21N3O3S/c1-14-11-22(28)27-23(25-14)17-5-4-6-18(12-17)26-24(29)21-13-20(15(2)31-21)16-7-9-19(30-3)10-8-16/h4-13H,1-3H3,(H,26,29)(H,25,27,28). The lowest BCUT2D eigenvalue weighted by atomic mass is 10.1. The Balaban J connectivity index is 1.57. The predicted molar refractivity (Wildman–Crippen MR) is 124 cm³/mol. The molecule has 0 unspecified atom stereocenters. The summed E-state index contributed by atoms with van der Waals surface area (Å²) in [6.07, 6.45) is 0. The van der Waals surface area contributed by atoms with Crippen molar-refractivity contribution in [2.45, 2.75) is 13.8 Å². The minimum atomic E-state index is -0.211. The molecule has 156 valence electrons. The maximum absolute atomic E-state index is 12.9. The van der Waals surface area contributed by atoms with E-state index in [1.807, 2.05) is 49.4 Å². The van der Waals surface area contributed by atoms with Crippen molar-refractivity contribution in [3.05, 3.63) is 86.5 Å². The second kappa shape index (κ2) is 8.57. The summed E-state index contributed by atoms with van der Waals surface area (Å²) in [5.74, 6) is 1.07. The lowest BCUT2D eigenvalue weighted by Gasteiger charge is -2.07. The number of aryl methyl sites for hydroxylation is 2. The van der Waals surface area contributed by atoms with E-state index in [9.17, 15) is 9.59 Å². The molecule has 31 heavy (non-hydrogen) atoms. The normalized spacial score (nSPS) is 10.7. The van der Waals surface area contributed by atoms with Crippen LogP contribution in [0.1, 0.15) is 20.2 Å². The number of ether oxygens (including phenoxy) is 1. The van der Waals surface area contributed by atoms with Gasteiger partial charge in [-0.15, -0.1) is 11.3 Å². The number of aromatic nitrogens is 2. The Bertz CT molecular complexity index is 1310. The van der Waals surface area contributed by atoms with Gasteiger partial charge in [-0.05, 0) is 55.3 Å². The third kappa shape index (κ3) is 4.57. The number of methoxy groups -OCH3 is 1. The van der Waals surface area contributed by atoms with Crippen molar-refractivity contribution in [3.63, 3.8) is 0 Å². The first-order valence-corrected chi connectivity index (χ1v) is 10.5. The predicted octanol–water partition coefficient (Wildman–Crippen LogP) is 5.04. The monoisotopic (exact) mass is 431 g/mol. The van der Waals surface area contributed by atoms with Gasteiger partial charge in [0.1, 0.15) is 11.6 Å². The highest BCUT2D eigenvalue weighted by molar-refractivity contribution is 7.14. The molecule has 4 rings (SSSR count). The highest BCUT2D eigenvalue weighted by Crippen LogP contribution is 2.32. The molecule has 2 aromatic heterocycles. The number of carbonyl (C=O) groups is 1. The van der Waals surface area contributed by atoms with E-state index in [4.69, 9.17) is 4.74 Å². The third-order valence-corrected chi connectivity index (χ3v) is 5.86. The van der Waals surface area contributed by atoms with E-state index >= 15 is 0 Å².